The van der Waals surface area contributed by atoms with Gasteiger partial charge in [0.05, 0.1) is 15.9 Å². The van der Waals surface area contributed by atoms with Gasteiger partial charge in [0.15, 0.2) is 0 Å². The lowest BCUT2D eigenvalue weighted by atomic mass is 9.67. The van der Waals surface area contributed by atoms with Crippen molar-refractivity contribution >= 4 is 39.5 Å². The highest BCUT2D eigenvalue weighted by atomic mass is 35.5. The third-order valence-corrected chi connectivity index (χ3v) is 7.21. The van der Waals surface area contributed by atoms with Gasteiger partial charge in [-0.1, -0.05) is 17.7 Å². The Morgan fingerprint density at radius 2 is 1.97 bits per heavy atom. The minimum absolute atomic E-state index is 0.0860. The van der Waals surface area contributed by atoms with E-state index in [2.05, 4.69) is 15.0 Å². The van der Waals surface area contributed by atoms with Crippen LogP contribution in [0.2, 0.25) is 5.02 Å². The molecule has 2 saturated heterocycles. The van der Waals surface area contributed by atoms with Gasteiger partial charge in [0.25, 0.3) is 5.56 Å². The molecule has 30 heavy (non-hydrogen) atoms. The van der Waals surface area contributed by atoms with E-state index in [-0.39, 0.29) is 11.6 Å². The maximum Gasteiger partial charge on any atom is 0.264 e. The van der Waals surface area contributed by atoms with E-state index in [4.69, 9.17) is 22.3 Å². The lowest BCUT2D eigenvalue weighted by Crippen LogP contribution is -2.62. The van der Waals surface area contributed by atoms with E-state index in [1.165, 1.54) is 6.42 Å². The second kappa shape index (κ2) is 6.09. The molecular formula is C21H22ClN7O. The number of rotatable bonds is 2. The molecule has 2 bridgehead atoms. The molecule has 154 valence electrons. The number of hydrogen-bond acceptors (Lipinski definition) is 5. The second-order valence-corrected chi connectivity index (χ2v) is 8.98. The van der Waals surface area contributed by atoms with E-state index in [0.717, 1.165) is 35.1 Å². The molecule has 9 heteroatoms. The molecule has 1 aromatic carbocycles. The van der Waals surface area contributed by atoms with Crippen LogP contribution in [0.25, 0.3) is 33.1 Å². The van der Waals surface area contributed by atoms with E-state index in [9.17, 15) is 4.79 Å². The van der Waals surface area contributed by atoms with Crippen molar-refractivity contribution in [2.24, 2.45) is 31.7 Å². The van der Waals surface area contributed by atoms with Crippen LogP contribution < -0.4 is 16.2 Å². The molecule has 4 aromatic rings. The summed E-state index contributed by atoms with van der Waals surface area (Å²) in [6.45, 7) is 1.70. The van der Waals surface area contributed by atoms with Crippen LogP contribution in [0.4, 0.5) is 5.95 Å². The molecule has 2 atom stereocenters. The molecule has 0 spiro atoms. The molecule has 8 nitrogen and oxygen atoms in total. The first-order chi connectivity index (χ1) is 14.4. The summed E-state index contributed by atoms with van der Waals surface area (Å²) < 4.78 is 3.38. The summed E-state index contributed by atoms with van der Waals surface area (Å²) in [7, 11) is 3.65. The first-order valence-electron chi connectivity index (χ1n) is 10.1. The number of piperidine rings is 2. The Balaban J connectivity index is 1.49. The summed E-state index contributed by atoms with van der Waals surface area (Å²) in [4.78, 5) is 23.6. The van der Waals surface area contributed by atoms with E-state index >= 15 is 0 Å². The highest BCUT2D eigenvalue weighted by molar-refractivity contribution is 6.38. The average Bonchev–Trinajstić information content (AvgIpc) is 3.34. The number of anilines is 1. The fourth-order valence-corrected chi connectivity index (χ4v) is 5.43. The molecule has 0 radical (unpaired) electrons. The van der Waals surface area contributed by atoms with Gasteiger partial charge in [0, 0.05) is 62.1 Å². The first kappa shape index (κ1) is 18.0. The summed E-state index contributed by atoms with van der Waals surface area (Å²) in [5, 5.41) is 6.39. The summed E-state index contributed by atoms with van der Waals surface area (Å²) in [5.74, 6) is 1.66. The molecule has 3 aliphatic rings. The van der Waals surface area contributed by atoms with Gasteiger partial charge in [-0.2, -0.15) is 10.1 Å². The molecule has 2 aliphatic heterocycles. The van der Waals surface area contributed by atoms with E-state index in [0.29, 0.717) is 33.8 Å². The molecule has 2 unspecified atom stereocenters. The number of halogens is 1. The van der Waals surface area contributed by atoms with Crippen LogP contribution >= 0.6 is 11.6 Å². The summed E-state index contributed by atoms with van der Waals surface area (Å²) >= 11 is 6.71. The Morgan fingerprint density at radius 1 is 1.20 bits per heavy atom. The van der Waals surface area contributed by atoms with E-state index in [1.807, 2.05) is 31.6 Å². The van der Waals surface area contributed by atoms with Gasteiger partial charge in [-0.3, -0.25) is 14.0 Å². The average molecular weight is 424 g/mol. The molecule has 1 aliphatic carbocycles. The number of fused-ring (bicyclic) bond motifs is 4. The Bertz CT molecular complexity index is 1370. The van der Waals surface area contributed by atoms with E-state index in [1.54, 1.807) is 16.3 Å². The molecule has 3 aromatic heterocycles. The fraction of sp³-hybridized carbons (Fsp3) is 0.381. The largest absolute Gasteiger partial charge is 0.345 e. The standard InChI is InChI=1S/C21H22ClN7O/c1-27-9-14-15(26-27)4-3-12(17(14)22)13-6-24-19-16(13)20(30)28(2)21(25-19)29-7-10-5-11(8-29)18(10)23/h3-4,6,9-11,18,24H,5,7-8,23H2,1-2H3. The van der Waals surface area contributed by atoms with Crippen molar-refractivity contribution in [2.45, 2.75) is 12.5 Å². The van der Waals surface area contributed by atoms with Crippen molar-refractivity contribution < 1.29 is 0 Å². The predicted molar refractivity (Wildman–Crippen MR) is 118 cm³/mol. The van der Waals surface area contributed by atoms with Crippen molar-refractivity contribution in [1.29, 1.82) is 0 Å². The van der Waals surface area contributed by atoms with Crippen LogP contribution in [-0.2, 0) is 14.1 Å². The van der Waals surface area contributed by atoms with Crippen molar-refractivity contribution in [1.82, 2.24) is 24.3 Å². The number of nitrogens with zero attached hydrogens (tertiary/aromatic N) is 5. The molecular weight excluding hydrogens is 402 g/mol. The van der Waals surface area contributed by atoms with Gasteiger partial charge >= 0.3 is 0 Å². The summed E-state index contributed by atoms with van der Waals surface area (Å²) in [6, 6.07) is 4.11. The molecule has 0 amide bonds. The number of aryl methyl sites for hydroxylation is 1. The third kappa shape index (κ3) is 2.34. The van der Waals surface area contributed by atoms with Gasteiger partial charge < -0.3 is 15.6 Å². The van der Waals surface area contributed by atoms with E-state index < -0.39 is 0 Å². The second-order valence-electron chi connectivity index (χ2n) is 8.60. The highest BCUT2D eigenvalue weighted by Crippen LogP contribution is 2.40. The Hall–Kier alpha value is -2.84. The van der Waals surface area contributed by atoms with Crippen molar-refractivity contribution in [2.75, 3.05) is 18.0 Å². The van der Waals surface area contributed by atoms with Crippen LogP contribution in [0.1, 0.15) is 6.42 Å². The highest BCUT2D eigenvalue weighted by Gasteiger charge is 2.45. The van der Waals surface area contributed by atoms with Gasteiger partial charge in [0.1, 0.15) is 5.65 Å². The van der Waals surface area contributed by atoms with Crippen molar-refractivity contribution in [3.63, 3.8) is 0 Å². The number of hydrogen-bond donors (Lipinski definition) is 2. The molecule has 3 fully saturated rings. The summed E-state index contributed by atoms with van der Waals surface area (Å²) in [6.07, 6.45) is 4.88. The van der Waals surface area contributed by atoms with Crippen molar-refractivity contribution in [3.8, 4) is 11.1 Å². The summed E-state index contributed by atoms with van der Waals surface area (Å²) in [5.41, 5.74) is 9.07. The van der Waals surface area contributed by atoms with Gasteiger partial charge in [-0.15, -0.1) is 0 Å². The topological polar surface area (TPSA) is 97.8 Å². The van der Waals surface area contributed by atoms with Crippen molar-refractivity contribution in [3.05, 3.63) is 39.9 Å². The number of aromatic nitrogens is 5. The lowest BCUT2D eigenvalue weighted by Gasteiger charge is -2.52. The van der Waals surface area contributed by atoms with Crippen LogP contribution in [0.3, 0.4) is 0 Å². The Kier molecular flexibility index (Phi) is 3.65. The molecule has 1 saturated carbocycles. The quantitative estimate of drug-likeness (QED) is 0.515. The number of H-pyrrole nitrogens is 1. The minimum Gasteiger partial charge on any atom is -0.345 e. The molecule has 3 N–H and O–H groups in total. The number of nitrogens with one attached hydrogen (secondary N) is 1. The monoisotopic (exact) mass is 423 g/mol. The van der Waals surface area contributed by atoms with Gasteiger partial charge in [-0.05, 0) is 24.3 Å². The number of benzene rings is 1. The predicted octanol–water partition coefficient (Wildman–Crippen LogP) is 2.25. The normalized spacial score (nSPS) is 23.3. The minimum atomic E-state index is -0.0860. The van der Waals surface area contributed by atoms with Gasteiger partial charge in [0.2, 0.25) is 5.95 Å². The zero-order valence-corrected chi connectivity index (χ0v) is 17.5. The van der Waals surface area contributed by atoms with Gasteiger partial charge in [-0.25, -0.2) is 0 Å². The maximum absolute atomic E-state index is 13.4. The number of aromatic amines is 1. The molecule has 7 rings (SSSR count). The Labute approximate surface area is 177 Å². The fourth-order valence-electron chi connectivity index (χ4n) is 5.12. The van der Waals surface area contributed by atoms with Crippen LogP contribution in [0.15, 0.2) is 29.3 Å². The zero-order valence-electron chi connectivity index (χ0n) is 16.8. The maximum atomic E-state index is 13.4. The van der Waals surface area contributed by atoms with Crippen LogP contribution in [0, 0.1) is 11.8 Å². The first-order valence-corrected chi connectivity index (χ1v) is 10.5. The third-order valence-electron chi connectivity index (χ3n) is 6.80. The van der Waals surface area contributed by atoms with Crippen LogP contribution in [-0.4, -0.2) is 43.4 Å². The Morgan fingerprint density at radius 3 is 2.70 bits per heavy atom. The van der Waals surface area contributed by atoms with Crippen LogP contribution in [0.5, 0.6) is 0 Å². The molecule has 5 heterocycles. The smallest absolute Gasteiger partial charge is 0.264 e. The number of nitrogens with two attached hydrogens (primary N) is 1. The lowest BCUT2D eigenvalue weighted by molar-refractivity contribution is 0.114. The zero-order chi connectivity index (χ0) is 20.7. The SMILES string of the molecule is Cn1cc2c(Cl)c(-c3c[nH]c4nc(N5CC6CC(C5)C6N)n(C)c(=O)c34)ccc2n1.